The molecule has 152 valence electrons. The third kappa shape index (κ3) is 8.62. The van der Waals surface area contributed by atoms with E-state index in [0.29, 0.717) is 25.0 Å². The molecule has 5 nitrogen and oxygen atoms in total. The SMILES string of the molecule is CN=C(NCCCOCC(F)(F)F)NCC1CCCN1Cc1ccccc1. The molecular weight excluding hydrogens is 357 g/mol. The van der Waals surface area contributed by atoms with Gasteiger partial charge in [-0.15, -0.1) is 0 Å². The number of nitrogens with zero attached hydrogens (tertiary/aromatic N) is 2. The molecular formula is C19H29F3N4O. The lowest BCUT2D eigenvalue weighted by molar-refractivity contribution is -0.173. The number of likely N-dealkylation sites (tertiary alicyclic amines) is 1. The maximum atomic E-state index is 12.0. The topological polar surface area (TPSA) is 48.9 Å². The molecule has 1 aliphatic heterocycles. The number of benzene rings is 1. The number of aliphatic imine (C=N–C) groups is 1. The lowest BCUT2D eigenvalue weighted by Gasteiger charge is -2.25. The zero-order valence-electron chi connectivity index (χ0n) is 15.8. The molecule has 1 saturated heterocycles. The third-order valence-corrected chi connectivity index (χ3v) is 4.48. The van der Waals surface area contributed by atoms with Gasteiger partial charge in [-0.2, -0.15) is 13.2 Å². The lowest BCUT2D eigenvalue weighted by atomic mass is 10.2. The first kappa shape index (κ1) is 21.5. The summed E-state index contributed by atoms with van der Waals surface area (Å²) in [6.45, 7) is 2.20. The number of alkyl halides is 3. The lowest BCUT2D eigenvalue weighted by Crippen LogP contribution is -2.45. The van der Waals surface area contributed by atoms with Crippen LogP contribution in [-0.2, 0) is 11.3 Å². The second-order valence-corrected chi connectivity index (χ2v) is 6.65. The molecule has 0 bridgehead atoms. The average Bonchev–Trinajstić information content (AvgIpc) is 3.07. The first-order chi connectivity index (χ1) is 13.0. The van der Waals surface area contributed by atoms with Gasteiger partial charge in [0.2, 0.25) is 0 Å². The molecule has 0 amide bonds. The first-order valence-corrected chi connectivity index (χ1v) is 9.35. The zero-order valence-corrected chi connectivity index (χ0v) is 15.8. The molecule has 1 atom stereocenters. The maximum absolute atomic E-state index is 12.0. The molecule has 1 aromatic carbocycles. The zero-order chi connectivity index (χ0) is 19.5. The Morgan fingerprint density at radius 3 is 2.74 bits per heavy atom. The Balaban J connectivity index is 1.64. The van der Waals surface area contributed by atoms with Crippen LogP contribution < -0.4 is 10.6 Å². The number of hydrogen-bond donors (Lipinski definition) is 2. The van der Waals surface area contributed by atoms with Gasteiger partial charge in [0.05, 0.1) is 0 Å². The Labute approximate surface area is 159 Å². The smallest absolute Gasteiger partial charge is 0.372 e. The molecule has 2 N–H and O–H groups in total. The van der Waals surface area contributed by atoms with Crippen LogP contribution in [0.5, 0.6) is 0 Å². The molecule has 0 aromatic heterocycles. The molecule has 1 fully saturated rings. The van der Waals surface area contributed by atoms with Crippen LogP contribution >= 0.6 is 0 Å². The molecule has 0 saturated carbocycles. The third-order valence-electron chi connectivity index (χ3n) is 4.48. The van der Waals surface area contributed by atoms with Crippen molar-refractivity contribution in [1.29, 1.82) is 0 Å². The van der Waals surface area contributed by atoms with Crippen LogP contribution in [-0.4, -0.2) is 63.0 Å². The van der Waals surface area contributed by atoms with Crippen LogP contribution in [0.25, 0.3) is 0 Å². The summed E-state index contributed by atoms with van der Waals surface area (Å²) in [4.78, 5) is 6.64. The normalized spacial score (nSPS) is 18.7. The molecule has 2 rings (SSSR count). The van der Waals surface area contributed by atoms with Gasteiger partial charge in [0, 0.05) is 39.3 Å². The van der Waals surface area contributed by atoms with Crippen molar-refractivity contribution in [3.63, 3.8) is 0 Å². The van der Waals surface area contributed by atoms with Crippen molar-refractivity contribution < 1.29 is 17.9 Å². The van der Waals surface area contributed by atoms with Gasteiger partial charge in [-0.1, -0.05) is 30.3 Å². The summed E-state index contributed by atoms with van der Waals surface area (Å²) < 4.78 is 40.6. The van der Waals surface area contributed by atoms with Crippen molar-refractivity contribution in [2.45, 2.75) is 38.0 Å². The van der Waals surface area contributed by atoms with Crippen LogP contribution in [0.15, 0.2) is 35.3 Å². The van der Waals surface area contributed by atoms with E-state index >= 15 is 0 Å². The number of hydrogen-bond acceptors (Lipinski definition) is 3. The van der Waals surface area contributed by atoms with Crippen molar-refractivity contribution in [3.05, 3.63) is 35.9 Å². The maximum Gasteiger partial charge on any atom is 0.411 e. The molecule has 0 spiro atoms. The van der Waals surface area contributed by atoms with Gasteiger partial charge in [0.15, 0.2) is 5.96 Å². The number of guanidine groups is 1. The van der Waals surface area contributed by atoms with E-state index in [2.05, 4.69) is 49.5 Å². The highest BCUT2D eigenvalue weighted by atomic mass is 19.4. The standard InChI is InChI=1S/C19H29F3N4O/c1-23-18(24-10-6-12-27-15-19(20,21)22)25-13-17-9-5-11-26(17)14-16-7-3-2-4-8-16/h2-4,7-8,17H,5-6,9-15H2,1H3,(H2,23,24,25). The molecule has 0 aliphatic carbocycles. The van der Waals surface area contributed by atoms with Crippen LogP contribution in [0.2, 0.25) is 0 Å². The number of nitrogens with one attached hydrogen (secondary N) is 2. The summed E-state index contributed by atoms with van der Waals surface area (Å²) in [7, 11) is 1.69. The minimum absolute atomic E-state index is 0.0665. The fourth-order valence-electron chi connectivity index (χ4n) is 3.16. The van der Waals surface area contributed by atoms with Gasteiger partial charge in [0.1, 0.15) is 6.61 Å². The quantitative estimate of drug-likeness (QED) is 0.389. The fourth-order valence-corrected chi connectivity index (χ4v) is 3.16. The predicted molar refractivity (Wildman–Crippen MR) is 101 cm³/mol. The van der Waals surface area contributed by atoms with Crippen molar-refractivity contribution in [1.82, 2.24) is 15.5 Å². The van der Waals surface area contributed by atoms with Crippen molar-refractivity contribution >= 4 is 5.96 Å². The highest BCUT2D eigenvalue weighted by Gasteiger charge is 2.27. The van der Waals surface area contributed by atoms with E-state index in [1.165, 1.54) is 12.0 Å². The molecule has 8 heteroatoms. The highest BCUT2D eigenvalue weighted by Crippen LogP contribution is 2.19. The van der Waals surface area contributed by atoms with Crippen molar-refractivity contribution in [2.24, 2.45) is 4.99 Å². The highest BCUT2D eigenvalue weighted by molar-refractivity contribution is 5.79. The van der Waals surface area contributed by atoms with Gasteiger partial charge in [-0.05, 0) is 31.4 Å². The molecule has 1 heterocycles. The number of ether oxygens (including phenoxy) is 1. The number of halogens is 3. The van der Waals surface area contributed by atoms with E-state index in [4.69, 9.17) is 0 Å². The summed E-state index contributed by atoms with van der Waals surface area (Å²) >= 11 is 0. The van der Waals surface area contributed by atoms with E-state index in [0.717, 1.165) is 26.1 Å². The molecule has 0 radical (unpaired) electrons. The number of rotatable bonds is 9. The van der Waals surface area contributed by atoms with E-state index in [1.807, 2.05) is 6.07 Å². The van der Waals surface area contributed by atoms with Crippen LogP contribution in [0.1, 0.15) is 24.8 Å². The second-order valence-electron chi connectivity index (χ2n) is 6.65. The first-order valence-electron chi connectivity index (χ1n) is 9.35. The largest absolute Gasteiger partial charge is 0.411 e. The van der Waals surface area contributed by atoms with Gasteiger partial charge < -0.3 is 15.4 Å². The van der Waals surface area contributed by atoms with Crippen molar-refractivity contribution in [3.8, 4) is 0 Å². The summed E-state index contributed by atoms with van der Waals surface area (Å²) in [6, 6.07) is 10.9. The fraction of sp³-hybridized carbons (Fsp3) is 0.632. The summed E-state index contributed by atoms with van der Waals surface area (Å²) in [5.74, 6) is 0.664. The van der Waals surface area contributed by atoms with E-state index in [-0.39, 0.29) is 6.61 Å². The second kappa shape index (κ2) is 11.1. The molecule has 27 heavy (non-hydrogen) atoms. The van der Waals surface area contributed by atoms with Gasteiger partial charge in [-0.3, -0.25) is 9.89 Å². The van der Waals surface area contributed by atoms with Crippen LogP contribution in [0.4, 0.5) is 13.2 Å². The summed E-state index contributed by atoms with van der Waals surface area (Å²) in [5.41, 5.74) is 1.31. The minimum atomic E-state index is -4.27. The Hall–Kier alpha value is -1.80. The van der Waals surface area contributed by atoms with E-state index in [9.17, 15) is 13.2 Å². The Morgan fingerprint density at radius 1 is 1.26 bits per heavy atom. The molecule has 1 aromatic rings. The van der Waals surface area contributed by atoms with Crippen LogP contribution in [0.3, 0.4) is 0 Å². The molecule has 1 aliphatic rings. The van der Waals surface area contributed by atoms with Crippen molar-refractivity contribution in [2.75, 3.05) is 39.9 Å². The van der Waals surface area contributed by atoms with E-state index < -0.39 is 12.8 Å². The van der Waals surface area contributed by atoms with Gasteiger partial charge >= 0.3 is 6.18 Å². The molecule has 1 unspecified atom stereocenters. The average molecular weight is 386 g/mol. The minimum Gasteiger partial charge on any atom is -0.372 e. The van der Waals surface area contributed by atoms with Gasteiger partial charge in [-0.25, -0.2) is 0 Å². The Bertz CT molecular complexity index is 566. The Morgan fingerprint density at radius 2 is 2.04 bits per heavy atom. The Kier molecular flexibility index (Phi) is 8.87. The predicted octanol–water partition coefficient (Wildman–Crippen LogP) is 2.79. The summed E-state index contributed by atoms with van der Waals surface area (Å²) in [5, 5.41) is 6.43. The van der Waals surface area contributed by atoms with Crippen LogP contribution in [0, 0.1) is 0 Å². The van der Waals surface area contributed by atoms with Gasteiger partial charge in [0.25, 0.3) is 0 Å². The van der Waals surface area contributed by atoms with E-state index in [1.54, 1.807) is 7.05 Å². The summed E-state index contributed by atoms with van der Waals surface area (Å²) in [6.07, 6.45) is -1.46. The monoisotopic (exact) mass is 386 g/mol.